The van der Waals surface area contributed by atoms with Crippen LogP contribution in [-0.4, -0.2) is 86.8 Å². The van der Waals surface area contributed by atoms with Crippen molar-refractivity contribution in [3.8, 4) is 0 Å². The number of aliphatic hydroxyl groups excluding tert-OH is 2. The maximum atomic E-state index is 11.4. The number of carbonyl (C=O) groups excluding carboxylic acids is 2. The second kappa shape index (κ2) is 16.1. The lowest BCUT2D eigenvalue weighted by molar-refractivity contribution is -0.0697. The van der Waals surface area contributed by atoms with Crippen LogP contribution in [0.25, 0.3) is 0 Å². The number of aliphatic hydroxyl groups is 2. The number of rotatable bonds is 15. The van der Waals surface area contributed by atoms with Gasteiger partial charge in [-0.05, 0) is 6.92 Å². The number of hydrogen-bond donors (Lipinski definition) is 4. The van der Waals surface area contributed by atoms with Crippen LogP contribution in [0, 0.1) is 0 Å². The van der Waals surface area contributed by atoms with Gasteiger partial charge in [0.25, 0.3) is 0 Å². The van der Waals surface area contributed by atoms with Crippen molar-refractivity contribution in [2.75, 3.05) is 46.1 Å². The Balaban J connectivity index is 3.86. The van der Waals surface area contributed by atoms with Gasteiger partial charge < -0.3 is 39.8 Å². The zero-order chi connectivity index (χ0) is 20.5. The molecule has 0 aliphatic carbocycles. The number of hydrogen-bond acceptors (Lipinski definition) is 8. The minimum atomic E-state index is -0.978. The van der Waals surface area contributed by atoms with Crippen molar-refractivity contribution < 1.29 is 38.7 Å². The molecule has 0 radical (unpaired) electrons. The zero-order valence-electron chi connectivity index (χ0n) is 15.6. The predicted octanol–water partition coefficient (Wildman–Crippen LogP) is -0.0457. The largest absolute Gasteiger partial charge is 0.447 e. The molecule has 4 N–H and O–H groups in total. The van der Waals surface area contributed by atoms with Crippen LogP contribution in [0.15, 0.2) is 25.3 Å². The molecule has 0 rings (SSSR count). The summed E-state index contributed by atoms with van der Waals surface area (Å²) in [5, 5.41) is 23.7. The van der Waals surface area contributed by atoms with E-state index in [9.17, 15) is 19.8 Å². The first-order valence-electron chi connectivity index (χ1n) is 8.48. The molecule has 0 saturated heterocycles. The summed E-state index contributed by atoms with van der Waals surface area (Å²) in [4.78, 5) is 22.6. The summed E-state index contributed by atoms with van der Waals surface area (Å²) >= 11 is 0. The molecule has 10 nitrogen and oxygen atoms in total. The van der Waals surface area contributed by atoms with Gasteiger partial charge in [-0.15, -0.1) is 13.2 Å². The smallest absolute Gasteiger partial charge is 0.407 e. The molecule has 10 heteroatoms. The molecule has 0 saturated carbocycles. The number of ether oxygens (including phenoxy) is 4. The van der Waals surface area contributed by atoms with Crippen molar-refractivity contribution in [2.45, 2.75) is 25.2 Å². The highest BCUT2D eigenvalue weighted by atomic mass is 16.6. The summed E-state index contributed by atoms with van der Waals surface area (Å²) in [6, 6.07) is 0. The van der Waals surface area contributed by atoms with Gasteiger partial charge in [0.2, 0.25) is 0 Å². The molecule has 0 aliphatic rings. The van der Waals surface area contributed by atoms with Gasteiger partial charge in [-0.2, -0.15) is 0 Å². The molecule has 3 unspecified atom stereocenters. The van der Waals surface area contributed by atoms with E-state index in [4.69, 9.17) is 18.9 Å². The van der Waals surface area contributed by atoms with Crippen LogP contribution in [0.5, 0.6) is 0 Å². The minimum Gasteiger partial charge on any atom is -0.447 e. The molecular formula is C17H30N2O8. The number of carbonyl (C=O) groups is 2. The topological polar surface area (TPSA) is 136 Å². The Morgan fingerprint density at radius 3 is 2.26 bits per heavy atom. The highest BCUT2D eigenvalue weighted by Crippen LogP contribution is 2.00. The Kier molecular flexibility index (Phi) is 14.8. The fourth-order valence-corrected chi connectivity index (χ4v) is 1.59. The standard InChI is InChI=1S/C17H30N2O8/c1-4-6-18-16(22)26-11-14(21)10-24-9-13(3)25-12-15(8-20)27-17(23)19-7-5-2/h4-5,13-15,20-21H,1-2,6-12H2,3H3,(H,18,22)(H,19,23). The van der Waals surface area contributed by atoms with E-state index < -0.39 is 24.4 Å². The molecule has 156 valence electrons. The third-order valence-corrected chi connectivity index (χ3v) is 2.90. The quantitative estimate of drug-likeness (QED) is 0.286. The van der Waals surface area contributed by atoms with Crippen molar-refractivity contribution in [1.29, 1.82) is 0 Å². The Morgan fingerprint density at radius 2 is 1.67 bits per heavy atom. The lowest BCUT2D eigenvalue weighted by Gasteiger charge is -2.20. The van der Waals surface area contributed by atoms with Gasteiger partial charge in [-0.1, -0.05) is 12.2 Å². The van der Waals surface area contributed by atoms with Crippen LogP contribution in [-0.2, 0) is 18.9 Å². The van der Waals surface area contributed by atoms with Crippen molar-refractivity contribution in [3.63, 3.8) is 0 Å². The van der Waals surface area contributed by atoms with Crippen molar-refractivity contribution in [2.24, 2.45) is 0 Å². The van der Waals surface area contributed by atoms with E-state index in [1.807, 2.05) is 0 Å². The highest BCUT2D eigenvalue weighted by molar-refractivity contribution is 5.67. The van der Waals surface area contributed by atoms with E-state index in [2.05, 4.69) is 23.8 Å². The fraction of sp³-hybridized carbons (Fsp3) is 0.647. The molecule has 0 aromatic rings. The molecule has 3 atom stereocenters. The summed E-state index contributed by atoms with van der Waals surface area (Å²) in [7, 11) is 0. The molecule has 0 spiro atoms. The summed E-state index contributed by atoms with van der Waals surface area (Å²) < 4.78 is 20.4. The van der Waals surface area contributed by atoms with Crippen molar-refractivity contribution in [1.82, 2.24) is 10.6 Å². The van der Waals surface area contributed by atoms with Crippen LogP contribution < -0.4 is 10.6 Å². The van der Waals surface area contributed by atoms with Crippen LogP contribution in [0.2, 0.25) is 0 Å². The SMILES string of the molecule is C=CCNC(=O)OCC(O)COCC(C)OCC(CO)OC(=O)NCC=C. The third kappa shape index (κ3) is 14.7. The second-order valence-electron chi connectivity index (χ2n) is 5.48. The summed E-state index contributed by atoms with van der Waals surface area (Å²) in [6.07, 6.45) is -0.498. The number of nitrogens with one attached hydrogen (secondary N) is 2. The van der Waals surface area contributed by atoms with Gasteiger partial charge >= 0.3 is 12.2 Å². The molecule has 0 aromatic heterocycles. The van der Waals surface area contributed by atoms with Crippen LogP contribution in [0.1, 0.15) is 6.92 Å². The normalized spacial score (nSPS) is 13.7. The van der Waals surface area contributed by atoms with Gasteiger partial charge in [-0.3, -0.25) is 0 Å². The molecule has 2 amide bonds. The maximum Gasteiger partial charge on any atom is 0.407 e. The zero-order valence-corrected chi connectivity index (χ0v) is 15.6. The average molecular weight is 390 g/mol. The Labute approximate surface area is 159 Å². The van der Waals surface area contributed by atoms with Gasteiger partial charge in [0.15, 0.2) is 0 Å². The maximum absolute atomic E-state index is 11.4. The van der Waals surface area contributed by atoms with E-state index in [1.165, 1.54) is 12.2 Å². The molecular weight excluding hydrogens is 360 g/mol. The number of amides is 2. The van der Waals surface area contributed by atoms with E-state index in [1.54, 1.807) is 6.92 Å². The summed E-state index contributed by atoms with van der Waals surface area (Å²) in [6.45, 7) is 8.64. The lowest BCUT2D eigenvalue weighted by Crippen LogP contribution is -2.35. The first kappa shape index (κ1) is 24.9. The van der Waals surface area contributed by atoms with Gasteiger partial charge in [0, 0.05) is 13.1 Å². The molecule has 0 aliphatic heterocycles. The Bertz CT molecular complexity index is 447. The van der Waals surface area contributed by atoms with Gasteiger partial charge in [-0.25, -0.2) is 9.59 Å². The van der Waals surface area contributed by atoms with E-state index in [0.29, 0.717) is 0 Å². The third-order valence-electron chi connectivity index (χ3n) is 2.90. The fourth-order valence-electron chi connectivity index (χ4n) is 1.59. The average Bonchev–Trinajstić information content (AvgIpc) is 2.66. The monoisotopic (exact) mass is 390 g/mol. The van der Waals surface area contributed by atoms with Crippen molar-refractivity contribution >= 4 is 12.2 Å². The molecule has 27 heavy (non-hydrogen) atoms. The van der Waals surface area contributed by atoms with E-state index >= 15 is 0 Å². The van der Waals surface area contributed by atoms with Crippen molar-refractivity contribution in [3.05, 3.63) is 25.3 Å². The first-order chi connectivity index (χ1) is 12.9. The van der Waals surface area contributed by atoms with Gasteiger partial charge in [0.05, 0.1) is 32.5 Å². The van der Waals surface area contributed by atoms with Crippen LogP contribution >= 0.6 is 0 Å². The van der Waals surface area contributed by atoms with Crippen LogP contribution in [0.4, 0.5) is 9.59 Å². The molecule has 0 fully saturated rings. The first-order valence-corrected chi connectivity index (χ1v) is 8.48. The Hall–Kier alpha value is -2.14. The summed E-state index contributed by atoms with van der Waals surface area (Å²) in [5.74, 6) is 0. The number of alkyl carbamates (subject to hydrolysis) is 2. The molecule has 0 bridgehead atoms. The lowest BCUT2D eigenvalue weighted by atomic mass is 10.3. The minimum absolute atomic E-state index is 0.0162. The summed E-state index contributed by atoms with van der Waals surface area (Å²) in [5.41, 5.74) is 0. The van der Waals surface area contributed by atoms with E-state index in [-0.39, 0.29) is 52.2 Å². The molecule has 0 heterocycles. The second-order valence-corrected chi connectivity index (χ2v) is 5.48. The predicted molar refractivity (Wildman–Crippen MR) is 97.3 cm³/mol. The van der Waals surface area contributed by atoms with Crippen LogP contribution in [0.3, 0.4) is 0 Å². The van der Waals surface area contributed by atoms with Gasteiger partial charge in [0.1, 0.15) is 18.8 Å². The molecule has 0 aromatic carbocycles. The highest BCUT2D eigenvalue weighted by Gasteiger charge is 2.16. The van der Waals surface area contributed by atoms with E-state index in [0.717, 1.165) is 0 Å². The Morgan fingerprint density at radius 1 is 1.04 bits per heavy atom.